The number of benzene rings is 14. The summed E-state index contributed by atoms with van der Waals surface area (Å²) in [6, 6.07) is 98.2. The molecule has 14 aromatic rings. The van der Waals surface area contributed by atoms with E-state index in [1.807, 2.05) is 69.3 Å². The lowest BCUT2D eigenvalue weighted by Gasteiger charge is -2.48. The molecule has 133 heavy (non-hydrogen) atoms. The minimum absolute atomic E-state index is 0. The SMILES string of the molecule is C.C.C.C.C.C.COc1ccc(C2(c3ccc(Oc4ccc(S(=O)(=O)c5ccc(C)cc5)cc4)cc3)CC(C)CC(C)(C)C2)cc1.COc1ccc(C2(c3ccc(Oc4ccc(S(=O)(=O)c5ccc(C)cc5)cc4)cc3)CCC(C)(C)C2)cc1.COc1ccc(S(=O)(=O)c2ccc(Oc3ccc(S(=O)(=O)c4ccc(-c5ccc(S(=O)(=O)c6ccc(C)cc6)cc5)cc4)cc3)cc2)cc1. The monoisotopic (exact) mass is 1890 g/mol. The lowest BCUT2D eigenvalue weighted by molar-refractivity contribution is 0.127. The molecule has 14 aromatic carbocycles. The summed E-state index contributed by atoms with van der Waals surface area (Å²) in [5.74, 6) is 6.22. The first kappa shape index (κ1) is 106. The third kappa shape index (κ3) is 24.0. The van der Waals surface area contributed by atoms with Crippen molar-refractivity contribution >= 4 is 49.2 Å². The van der Waals surface area contributed by atoms with Crippen LogP contribution < -0.4 is 28.4 Å². The van der Waals surface area contributed by atoms with Gasteiger partial charge in [-0.15, -0.1) is 0 Å². The van der Waals surface area contributed by atoms with E-state index in [1.54, 1.807) is 160 Å². The Hall–Kier alpha value is -12.4. The largest absolute Gasteiger partial charge is 0.497 e. The van der Waals surface area contributed by atoms with Gasteiger partial charge in [-0.2, -0.15) is 0 Å². The topological polar surface area (TPSA) is 226 Å². The zero-order chi connectivity index (χ0) is 90.3. The van der Waals surface area contributed by atoms with Gasteiger partial charge in [0.15, 0.2) is 0 Å². The number of sulfone groups is 5. The Morgan fingerprint density at radius 2 is 0.406 bits per heavy atom. The van der Waals surface area contributed by atoms with Crippen molar-refractivity contribution in [2.45, 2.75) is 198 Å². The number of aryl methyl sites for hydroxylation is 3. The quantitative estimate of drug-likeness (QED) is 0.0548. The Morgan fingerprint density at radius 3 is 0.609 bits per heavy atom. The standard InChI is InChI=1S/C38H30O8S3.C35H38O4S.C33H34O4S.6CH4/c1-27-3-15-33(16-4-27)47(39,40)34-17-5-28(6-18-34)29-7-19-35(20-8-29)48(41,42)37-23-11-31(12-24-37)46-32-13-25-38(26-14-32)49(43,44)36-21-9-30(45-2)10-22-36;1-25-6-18-32(19-7-25)40(36,37)33-20-16-31(17-21-33)39-30-14-10-28(11-15-30)35(23-26(2)22-34(3,4)24-35)27-8-12-29(38-5)13-9-27;1-24-5-17-30(18-6-24)38(34,35)31-19-15-29(16-20-31)37-28-13-9-26(10-14-28)33(22-21-32(2,3)23-33)25-7-11-27(36-4)12-8-25;;;;;;/h3-26H,1-2H3;6-21,26H,22-24H2,1-5H3;5-20H,21-23H2,1-4H3;6*1H4. The van der Waals surface area contributed by atoms with Gasteiger partial charge in [-0.1, -0.05) is 205 Å². The summed E-state index contributed by atoms with van der Waals surface area (Å²) in [5, 5.41) is 0. The third-order valence-electron chi connectivity index (χ3n) is 23.8. The molecule has 0 aromatic heterocycles. The Kier molecular flexibility index (Phi) is 34.7. The molecule has 2 aliphatic rings. The van der Waals surface area contributed by atoms with E-state index < -0.39 is 49.2 Å². The van der Waals surface area contributed by atoms with E-state index in [9.17, 15) is 42.1 Å². The average Bonchev–Trinajstić information content (AvgIpc) is 1.74. The Labute approximate surface area is 791 Å². The smallest absolute Gasteiger partial charge is 0.206 e. The van der Waals surface area contributed by atoms with Gasteiger partial charge in [0.2, 0.25) is 49.2 Å². The summed E-state index contributed by atoms with van der Waals surface area (Å²) in [7, 11) is -13.5. The fourth-order valence-electron chi connectivity index (χ4n) is 17.3. The molecule has 16 nitrogen and oxygen atoms in total. The van der Waals surface area contributed by atoms with Gasteiger partial charge in [0.05, 0.1) is 70.3 Å². The minimum atomic E-state index is -3.85. The maximum Gasteiger partial charge on any atom is 0.206 e. The fraction of sp³-hybridized carbons (Fsp3) is 0.250. The van der Waals surface area contributed by atoms with E-state index in [-0.39, 0.29) is 115 Å². The second-order valence-corrected chi connectivity index (χ2v) is 44.0. The summed E-state index contributed by atoms with van der Waals surface area (Å²) in [4.78, 5) is 1.84. The normalized spacial score (nSPS) is 15.9. The first-order valence-electron chi connectivity index (χ1n) is 41.7. The van der Waals surface area contributed by atoms with Gasteiger partial charge in [0.1, 0.15) is 51.7 Å². The number of hydrogen-bond donors (Lipinski definition) is 0. The molecule has 0 amide bonds. The number of methoxy groups -OCH3 is 3. The Bertz CT molecular complexity index is 6780. The van der Waals surface area contributed by atoms with Crippen LogP contribution in [0.2, 0.25) is 0 Å². The number of hydrogen-bond acceptors (Lipinski definition) is 16. The van der Waals surface area contributed by atoms with Crippen LogP contribution in [0, 0.1) is 37.5 Å². The zero-order valence-corrected chi connectivity index (χ0v) is 76.8. The number of ether oxygens (including phenoxy) is 6. The van der Waals surface area contributed by atoms with Crippen molar-refractivity contribution in [3.63, 3.8) is 0 Å². The van der Waals surface area contributed by atoms with Crippen LogP contribution in [0.25, 0.3) is 11.1 Å². The first-order chi connectivity index (χ1) is 60.5. The molecule has 0 saturated heterocycles. The predicted molar refractivity (Wildman–Crippen MR) is 537 cm³/mol. The van der Waals surface area contributed by atoms with E-state index in [4.69, 9.17) is 28.4 Å². The Morgan fingerprint density at radius 1 is 0.226 bits per heavy atom. The Balaban J connectivity index is 0.000000242. The van der Waals surface area contributed by atoms with Crippen molar-refractivity contribution in [2.75, 3.05) is 21.3 Å². The lowest BCUT2D eigenvalue weighted by Crippen LogP contribution is -2.41. The molecule has 2 aliphatic carbocycles. The van der Waals surface area contributed by atoms with Gasteiger partial charge in [-0.05, 0) is 340 Å². The minimum Gasteiger partial charge on any atom is -0.497 e. The molecule has 16 rings (SSSR count). The maximum atomic E-state index is 13.4. The number of rotatable bonds is 24. The molecule has 0 radical (unpaired) electrons. The summed E-state index contributed by atoms with van der Waals surface area (Å²) < 4.78 is 165. The molecule has 0 bridgehead atoms. The van der Waals surface area contributed by atoms with Crippen molar-refractivity contribution < 1.29 is 70.5 Å². The summed E-state index contributed by atoms with van der Waals surface area (Å²) in [6.45, 7) is 17.6. The van der Waals surface area contributed by atoms with Crippen LogP contribution in [0.3, 0.4) is 0 Å². The van der Waals surface area contributed by atoms with Crippen LogP contribution in [0.5, 0.6) is 51.7 Å². The molecule has 21 heteroatoms. The highest BCUT2D eigenvalue weighted by atomic mass is 32.2. The molecule has 2 saturated carbocycles. The summed E-state index contributed by atoms with van der Waals surface area (Å²) in [5.41, 5.74) is 9.97. The fourth-order valence-corrected chi connectivity index (χ4v) is 23.6. The van der Waals surface area contributed by atoms with Crippen LogP contribution in [-0.2, 0) is 60.0 Å². The summed E-state index contributed by atoms with van der Waals surface area (Å²) >= 11 is 0. The van der Waals surface area contributed by atoms with Crippen molar-refractivity contribution in [3.05, 3.63) is 379 Å². The predicted octanol–water partition coefficient (Wildman–Crippen LogP) is 28.7. The average molecular weight is 1890 g/mol. The van der Waals surface area contributed by atoms with Gasteiger partial charge < -0.3 is 28.4 Å². The van der Waals surface area contributed by atoms with Crippen LogP contribution in [-0.4, -0.2) is 63.4 Å². The summed E-state index contributed by atoms with van der Waals surface area (Å²) in [6.07, 6.45) is 6.68. The van der Waals surface area contributed by atoms with Crippen molar-refractivity contribution in [1.29, 1.82) is 0 Å². The molecule has 3 unspecified atom stereocenters. The zero-order valence-electron chi connectivity index (χ0n) is 72.7. The van der Waals surface area contributed by atoms with Gasteiger partial charge in [0.25, 0.3) is 0 Å². The molecule has 0 N–H and O–H groups in total. The molecule has 0 heterocycles. The van der Waals surface area contributed by atoms with E-state index in [0.717, 1.165) is 71.4 Å². The van der Waals surface area contributed by atoms with E-state index in [2.05, 4.69) is 95.3 Å². The van der Waals surface area contributed by atoms with E-state index in [0.29, 0.717) is 46.2 Å². The molecule has 700 valence electrons. The van der Waals surface area contributed by atoms with Gasteiger partial charge in [0, 0.05) is 10.8 Å². The van der Waals surface area contributed by atoms with Crippen LogP contribution in [0.15, 0.2) is 389 Å². The van der Waals surface area contributed by atoms with Crippen LogP contribution in [0.4, 0.5) is 0 Å². The second-order valence-electron chi connectivity index (χ2n) is 34.2. The molecule has 2 fully saturated rings. The van der Waals surface area contributed by atoms with Crippen molar-refractivity contribution in [2.24, 2.45) is 16.7 Å². The highest BCUT2D eigenvalue weighted by Gasteiger charge is 2.47. The molecule has 0 aliphatic heterocycles. The van der Waals surface area contributed by atoms with Crippen LogP contribution >= 0.6 is 0 Å². The van der Waals surface area contributed by atoms with E-state index >= 15 is 0 Å². The second kappa shape index (κ2) is 43.5. The highest BCUT2D eigenvalue weighted by molar-refractivity contribution is 7.92. The van der Waals surface area contributed by atoms with Gasteiger partial charge >= 0.3 is 0 Å². The third-order valence-corrected chi connectivity index (χ3v) is 32.7. The first-order valence-corrected chi connectivity index (χ1v) is 49.2. The molecular formula is C112H126O16S5. The molecule has 0 spiro atoms. The maximum absolute atomic E-state index is 13.4. The van der Waals surface area contributed by atoms with E-state index in [1.165, 1.54) is 121 Å². The van der Waals surface area contributed by atoms with Gasteiger partial charge in [-0.3, -0.25) is 0 Å². The van der Waals surface area contributed by atoms with Crippen LogP contribution in [0.1, 0.15) is 157 Å². The van der Waals surface area contributed by atoms with Crippen molar-refractivity contribution in [3.8, 4) is 62.9 Å². The highest BCUT2D eigenvalue weighted by Crippen LogP contribution is 2.56. The molecular weight excluding hydrogens is 1760 g/mol. The van der Waals surface area contributed by atoms with Crippen molar-refractivity contribution in [1.82, 2.24) is 0 Å². The molecule has 3 atom stereocenters. The van der Waals surface area contributed by atoms with Gasteiger partial charge in [-0.25, -0.2) is 42.1 Å². The lowest BCUT2D eigenvalue weighted by atomic mass is 9.55.